The molecule has 4 nitrogen and oxygen atoms in total. The third kappa shape index (κ3) is 6.81. The first kappa shape index (κ1) is 12.7. The van der Waals surface area contributed by atoms with Gasteiger partial charge in [0.05, 0.1) is 13.7 Å². The van der Waals surface area contributed by atoms with Crippen molar-refractivity contribution in [1.82, 2.24) is 5.32 Å². The van der Waals surface area contributed by atoms with Crippen LogP contribution in [0, 0.1) is 0 Å². The molecule has 0 heterocycles. The van der Waals surface area contributed by atoms with Gasteiger partial charge < -0.3 is 14.8 Å². The SMILES string of the molecule is CCOCCNCC(Cl)C(=O)OC. The van der Waals surface area contributed by atoms with Gasteiger partial charge in [0, 0.05) is 19.7 Å². The number of nitrogens with one attached hydrogen (secondary N) is 1. The highest BCUT2D eigenvalue weighted by molar-refractivity contribution is 6.30. The average Bonchev–Trinajstić information content (AvgIpc) is 2.16. The number of hydrogen-bond donors (Lipinski definition) is 1. The molecule has 0 aliphatic carbocycles. The molecule has 1 unspecified atom stereocenters. The molecule has 0 aromatic rings. The van der Waals surface area contributed by atoms with Gasteiger partial charge in [0.15, 0.2) is 0 Å². The lowest BCUT2D eigenvalue weighted by Gasteiger charge is -2.08. The van der Waals surface area contributed by atoms with Gasteiger partial charge in [-0.2, -0.15) is 0 Å². The van der Waals surface area contributed by atoms with Crippen LogP contribution in [0.15, 0.2) is 0 Å². The van der Waals surface area contributed by atoms with Gasteiger partial charge in [-0.15, -0.1) is 11.6 Å². The van der Waals surface area contributed by atoms with Crippen molar-refractivity contribution in [3.63, 3.8) is 0 Å². The minimum atomic E-state index is -0.619. The van der Waals surface area contributed by atoms with Gasteiger partial charge in [0.1, 0.15) is 5.38 Å². The first-order chi connectivity index (χ1) is 6.22. The van der Waals surface area contributed by atoms with Gasteiger partial charge in [0.25, 0.3) is 0 Å². The largest absolute Gasteiger partial charge is 0.468 e. The third-order valence-corrected chi connectivity index (χ3v) is 1.74. The van der Waals surface area contributed by atoms with Crippen LogP contribution in [0.2, 0.25) is 0 Å². The monoisotopic (exact) mass is 209 g/mol. The summed E-state index contributed by atoms with van der Waals surface area (Å²) in [7, 11) is 1.32. The highest BCUT2D eigenvalue weighted by Gasteiger charge is 2.14. The van der Waals surface area contributed by atoms with E-state index >= 15 is 0 Å². The van der Waals surface area contributed by atoms with Crippen LogP contribution in [0.25, 0.3) is 0 Å². The van der Waals surface area contributed by atoms with Crippen molar-refractivity contribution in [2.45, 2.75) is 12.3 Å². The predicted octanol–water partition coefficient (Wildman–Crippen LogP) is 0.393. The summed E-state index contributed by atoms with van der Waals surface area (Å²) in [5, 5.41) is 2.36. The fourth-order valence-electron chi connectivity index (χ4n) is 0.729. The lowest BCUT2D eigenvalue weighted by Crippen LogP contribution is -2.32. The zero-order chi connectivity index (χ0) is 10.1. The van der Waals surface area contributed by atoms with Crippen LogP contribution in [0.4, 0.5) is 0 Å². The lowest BCUT2D eigenvalue weighted by atomic mass is 10.4. The molecule has 13 heavy (non-hydrogen) atoms. The van der Waals surface area contributed by atoms with E-state index in [1.165, 1.54) is 7.11 Å². The second-order valence-corrected chi connectivity index (χ2v) is 2.92. The molecule has 5 heteroatoms. The van der Waals surface area contributed by atoms with Gasteiger partial charge in [-0.1, -0.05) is 0 Å². The van der Waals surface area contributed by atoms with Crippen LogP contribution in [0.5, 0.6) is 0 Å². The van der Waals surface area contributed by atoms with Crippen molar-refractivity contribution in [1.29, 1.82) is 0 Å². The third-order valence-electron chi connectivity index (χ3n) is 1.41. The Bertz CT molecular complexity index is 143. The predicted molar refractivity (Wildman–Crippen MR) is 51.0 cm³/mol. The minimum absolute atomic E-state index is 0.404. The van der Waals surface area contributed by atoms with E-state index < -0.39 is 11.3 Å². The summed E-state index contributed by atoms with van der Waals surface area (Å²) in [6.07, 6.45) is 0. The molecule has 0 rings (SSSR count). The maximum atomic E-state index is 10.8. The maximum absolute atomic E-state index is 10.8. The van der Waals surface area contributed by atoms with E-state index in [4.69, 9.17) is 16.3 Å². The fourth-order valence-corrected chi connectivity index (χ4v) is 0.927. The van der Waals surface area contributed by atoms with E-state index in [0.29, 0.717) is 26.3 Å². The van der Waals surface area contributed by atoms with Gasteiger partial charge in [-0.25, -0.2) is 0 Å². The molecule has 0 aliphatic heterocycles. The molecule has 0 saturated heterocycles. The van der Waals surface area contributed by atoms with Crippen molar-refractivity contribution < 1.29 is 14.3 Å². The van der Waals surface area contributed by atoms with E-state index in [9.17, 15) is 4.79 Å². The summed E-state index contributed by atoms with van der Waals surface area (Å²) in [5.41, 5.74) is 0. The van der Waals surface area contributed by atoms with Crippen molar-refractivity contribution in [3.05, 3.63) is 0 Å². The molecule has 0 aromatic heterocycles. The van der Waals surface area contributed by atoms with Crippen molar-refractivity contribution >= 4 is 17.6 Å². The smallest absolute Gasteiger partial charge is 0.325 e. The molecule has 0 radical (unpaired) electrons. The summed E-state index contributed by atoms with van der Waals surface area (Å²) in [5.74, 6) is -0.412. The standard InChI is InChI=1S/C8H16ClNO3/c1-3-13-5-4-10-6-7(9)8(11)12-2/h7,10H,3-6H2,1-2H3. The van der Waals surface area contributed by atoms with Crippen LogP contribution in [0.3, 0.4) is 0 Å². The van der Waals surface area contributed by atoms with Gasteiger partial charge in [-0.3, -0.25) is 4.79 Å². The zero-order valence-electron chi connectivity index (χ0n) is 8.01. The Morgan fingerprint density at radius 2 is 2.31 bits per heavy atom. The lowest BCUT2D eigenvalue weighted by molar-refractivity contribution is -0.140. The Labute approximate surface area is 83.5 Å². The minimum Gasteiger partial charge on any atom is -0.468 e. The number of methoxy groups -OCH3 is 1. The summed E-state index contributed by atoms with van der Waals surface area (Å²) in [4.78, 5) is 10.8. The number of hydrogen-bond acceptors (Lipinski definition) is 4. The number of rotatable bonds is 7. The van der Waals surface area contributed by atoms with Gasteiger partial charge in [-0.05, 0) is 6.92 Å². The summed E-state index contributed by atoms with van der Waals surface area (Å²) >= 11 is 5.67. The van der Waals surface area contributed by atoms with Crippen LogP contribution in [0.1, 0.15) is 6.92 Å². The van der Waals surface area contributed by atoms with Crippen molar-refractivity contribution in [2.24, 2.45) is 0 Å². The average molecular weight is 210 g/mol. The van der Waals surface area contributed by atoms with Crippen molar-refractivity contribution in [3.8, 4) is 0 Å². The molecule has 0 amide bonds. The number of ether oxygens (including phenoxy) is 2. The Hall–Kier alpha value is -0.320. The fraction of sp³-hybridized carbons (Fsp3) is 0.875. The Morgan fingerprint density at radius 1 is 1.62 bits per heavy atom. The van der Waals surface area contributed by atoms with E-state index in [1.54, 1.807) is 0 Å². The first-order valence-electron chi connectivity index (χ1n) is 4.22. The molecule has 0 fully saturated rings. The van der Waals surface area contributed by atoms with E-state index in [-0.39, 0.29) is 0 Å². The normalized spacial score (nSPS) is 12.5. The topological polar surface area (TPSA) is 47.6 Å². The summed E-state index contributed by atoms with van der Waals surface area (Å²) < 4.78 is 9.53. The molecule has 0 aliphatic rings. The molecule has 0 saturated carbocycles. The molecule has 0 spiro atoms. The molecular weight excluding hydrogens is 194 g/mol. The summed E-state index contributed by atoms with van der Waals surface area (Å²) in [6.45, 7) is 4.35. The van der Waals surface area contributed by atoms with Crippen LogP contribution in [-0.4, -0.2) is 44.8 Å². The Morgan fingerprint density at radius 3 is 2.85 bits per heavy atom. The van der Waals surface area contributed by atoms with Crippen LogP contribution >= 0.6 is 11.6 Å². The number of carbonyl (C=O) groups is 1. The summed E-state index contributed by atoms with van der Waals surface area (Å²) in [6, 6.07) is 0. The Kier molecular flexibility index (Phi) is 8.08. The van der Waals surface area contributed by atoms with Crippen LogP contribution < -0.4 is 5.32 Å². The van der Waals surface area contributed by atoms with E-state index in [0.717, 1.165) is 0 Å². The number of carbonyl (C=O) groups excluding carboxylic acids is 1. The number of alkyl halides is 1. The van der Waals surface area contributed by atoms with E-state index in [2.05, 4.69) is 10.1 Å². The second kappa shape index (κ2) is 8.29. The Balaban J connectivity index is 3.26. The molecule has 1 N–H and O–H groups in total. The van der Waals surface area contributed by atoms with Gasteiger partial charge in [0.2, 0.25) is 0 Å². The van der Waals surface area contributed by atoms with Crippen molar-refractivity contribution in [2.75, 3.05) is 33.4 Å². The quantitative estimate of drug-likeness (QED) is 0.375. The number of halogens is 1. The number of esters is 1. The van der Waals surface area contributed by atoms with Gasteiger partial charge >= 0.3 is 5.97 Å². The maximum Gasteiger partial charge on any atom is 0.325 e. The molecule has 78 valence electrons. The molecular formula is C8H16ClNO3. The molecule has 0 aromatic carbocycles. The first-order valence-corrected chi connectivity index (χ1v) is 4.66. The second-order valence-electron chi connectivity index (χ2n) is 2.39. The van der Waals surface area contributed by atoms with Crippen LogP contribution in [-0.2, 0) is 14.3 Å². The highest BCUT2D eigenvalue weighted by atomic mass is 35.5. The highest BCUT2D eigenvalue weighted by Crippen LogP contribution is 1.95. The molecule has 0 bridgehead atoms. The zero-order valence-corrected chi connectivity index (χ0v) is 8.76. The van der Waals surface area contributed by atoms with E-state index in [1.807, 2.05) is 6.92 Å². The molecule has 1 atom stereocenters.